The first-order chi connectivity index (χ1) is 6.70. The highest BCUT2D eigenvalue weighted by molar-refractivity contribution is 7.80. The predicted octanol–water partition coefficient (Wildman–Crippen LogP) is 2.30. The van der Waals surface area contributed by atoms with E-state index >= 15 is 0 Å². The van der Waals surface area contributed by atoms with Crippen LogP contribution in [0.3, 0.4) is 0 Å². The molecule has 0 fully saturated rings. The van der Waals surface area contributed by atoms with Gasteiger partial charge in [0.2, 0.25) is 0 Å². The lowest BCUT2D eigenvalue weighted by molar-refractivity contribution is 0.120. The molecule has 0 bridgehead atoms. The highest BCUT2D eigenvalue weighted by atomic mass is 32.1. The molecule has 0 aliphatic heterocycles. The average Bonchev–Trinajstić information content (AvgIpc) is 2.16. The van der Waals surface area contributed by atoms with Gasteiger partial charge in [0.15, 0.2) is 0 Å². The van der Waals surface area contributed by atoms with E-state index in [9.17, 15) is 0 Å². The zero-order valence-electron chi connectivity index (χ0n) is 9.83. The Balaban J connectivity index is 3.29. The molecule has 86 valence electrons. The summed E-state index contributed by atoms with van der Waals surface area (Å²) in [5.74, 6) is 1.80. The van der Waals surface area contributed by atoms with Crippen LogP contribution in [0.1, 0.15) is 26.7 Å². The van der Waals surface area contributed by atoms with E-state index in [-0.39, 0.29) is 0 Å². The molecule has 0 rings (SSSR count). The third-order valence-corrected chi connectivity index (χ3v) is 2.71. The second kappa shape index (κ2) is 9.81. The van der Waals surface area contributed by atoms with Gasteiger partial charge in [-0.05, 0) is 45.0 Å². The Morgan fingerprint density at radius 1 is 1.29 bits per heavy atom. The van der Waals surface area contributed by atoms with Gasteiger partial charge in [0.05, 0.1) is 6.61 Å². The van der Waals surface area contributed by atoms with Gasteiger partial charge in [0.25, 0.3) is 0 Å². The molecular formula is C11H25NOS. The summed E-state index contributed by atoms with van der Waals surface area (Å²) in [5, 5.41) is 0. The maximum absolute atomic E-state index is 5.30. The molecule has 3 heteroatoms. The number of hydrogen-bond donors (Lipinski definition) is 1. The van der Waals surface area contributed by atoms with Crippen molar-refractivity contribution in [2.45, 2.75) is 26.7 Å². The van der Waals surface area contributed by atoms with Crippen LogP contribution in [0.5, 0.6) is 0 Å². The van der Waals surface area contributed by atoms with Crippen molar-refractivity contribution >= 4 is 12.6 Å². The lowest BCUT2D eigenvalue weighted by Gasteiger charge is -2.18. The maximum Gasteiger partial charge on any atom is 0.0593 e. The third kappa shape index (κ3) is 8.85. The van der Waals surface area contributed by atoms with Crippen molar-refractivity contribution in [3.8, 4) is 0 Å². The standard InChI is InChI=1S/C11H25NOS/c1-4-13-9-8-12(3)7-5-11(2)6-10-14/h11,14H,4-10H2,1-3H3. The smallest absolute Gasteiger partial charge is 0.0593 e. The van der Waals surface area contributed by atoms with Crippen LogP contribution in [0.15, 0.2) is 0 Å². The lowest BCUT2D eigenvalue weighted by atomic mass is 10.1. The van der Waals surface area contributed by atoms with Gasteiger partial charge in [-0.2, -0.15) is 12.6 Å². The molecule has 0 N–H and O–H groups in total. The monoisotopic (exact) mass is 219 g/mol. The molecule has 1 atom stereocenters. The molecule has 0 saturated heterocycles. The number of likely N-dealkylation sites (N-methyl/N-ethyl adjacent to an activating group) is 1. The molecule has 1 unspecified atom stereocenters. The van der Waals surface area contributed by atoms with Crippen LogP contribution in [0.2, 0.25) is 0 Å². The van der Waals surface area contributed by atoms with Crippen LogP contribution in [0, 0.1) is 5.92 Å². The van der Waals surface area contributed by atoms with Gasteiger partial charge in [0, 0.05) is 13.2 Å². The Labute approximate surface area is 94.4 Å². The van der Waals surface area contributed by atoms with Gasteiger partial charge >= 0.3 is 0 Å². The van der Waals surface area contributed by atoms with Crippen molar-refractivity contribution < 1.29 is 4.74 Å². The Kier molecular flexibility index (Phi) is 10.0. The van der Waals surface area contributed by atoms with Crippen LogP contribution < -0.4 is 0 Å². The summed E-state index contributed by atoms with van der Waals surface area (Å²) in [5.41, 5.74) is 0. The zero-order chi connectivity index (χ0) is 10.8. The topological polar surface area (TPSA) is 12.5 Å². The van der Waals surface area contributed by atoms with Crippen molar-refractivity contribution in [2.24, 2.45) is 5.92 Å². The summed E-state index contributed by atoms with van der Waals surface area (Å²) in [6, 6.07) is 0. The second-order valence-electron chi connectivity index (χ2n) is 3.91. The van der Waals surface area contributed by atoms with Crippen molar-refractivity contribution in [2.75, 3.05) is 39.1 Å². The van der Waals surface area contributed by atoms with Crippen LogP contribution in [0.25, 0.3) is 0 Å². The van der Waals surface area contributed by atoms with Gasteiger partial charge in [-0.25, -0.2) is 0 Å². The number of hydrogen-bond acceptors (Lipinski definition) is 3. The molecule has 0 heterocycles. The Morgan fingerprint density at radius 2 is 2.00 bits per heavy atom. The Hall–Kier alpha value is 0.270. The van der Waals surface area contributed by atoms with Crippen molar-refractivity contribution in [3.05, 3.63) is 0 Å². The fourth-order valence-electron chi connectivity index (χ4n) is 1.28. The van der Waals surface area contributed by atoms with E-state index in [0.29, 0.717) is 0 Å². The SMILES string of the molecule is CCOCCN(C)CCC(C)CCS. The van der Waals surface area contributed by atoms with Crippen LogP contribution in [-0.2, 0) is 4.74 Å². The summed E-state index contributed by atoms with van der Waals surface area (Å²) in [4.78, 5) is 2.34. The first-order valence-electron chi connectivity index (χ1n) is 5.57. The maximum atomic E-state index is 5.30. The molecule has 0 aliphatic carbocycles. The molecule has 0 amide bonds. The molecule has 0 spiro atoms. The molecule has 0 aromatic carbocycles. The van der Waals surface area contributed by atoms with E-state index in [0.717, 1.165) is 31.4 Å². The zero-order valence-corrected chi connectivity index (χ0v) is 10.7. The molecule has 0 aromatic rings. The Morgan fingerprint density at radius 3 is 2.57 bits per heavy atom. The molecule has 14 heavy (non-hydrogen) atoms. The molecule has 0 aromatic heterocycles. The van der Waals surface area contributed by atoms with E-state index in [4.69, 9.17) is 4.74 Å². The lowest BCUT2D eigenvalue weighted by Crippen LogP contribution is -2.25. The molecule has 2 nitrogen and oxygen atoms in total. The van der Waals surface area contributed by atoms with Gasteiger partial charge < -0.3 is 9.64 Å². The summed E-state index contributed by atoms with van der Waals surface area (Å²) >= 11 is 4.24. The molecule has 0 aliphatic rings. The highest BCUT2D eigenvalue weighted by Gasteiger charge is 2.03. The van der Waals surface area contributed by atoms with E-state index in [1.807, 2.05) is 6.92 Å². The minimum Gasteiger partial charge on any atom is -0.380 e. The summed E-state index contributed by atoms with van der Waals surface area (Å²) < 4.78 is 5.30. The minimum atomic E-state index is 0.794. The molecular weight excluding hydrogens is 194 g/mol. The predicted molar refractivity (Wildman–Crippen MR) is 66.2 cm³/mol. The number of rotatable bonds is 9. The van der Waals surface area contributed by atoms with Gasteiger partial charge in [-0.1, -0.05) is 6.92 Å². The van der Waals surface area contributed by atoms with E-state index < -0.39 is 0 Å². The van der Waals surface area contributed by atoms with Gasteiger partial charge in [0.1, 0.15) is 0 Å². The highest BCUT2D eigenvalue weighted by Crippen LogP contribution is 2.08. The van der Waals surface area contributed by atoms with Crippen LogP contribution in [-0.4, -0.2) is 44.0 Å². The molecule has 0 saturated carbocycles. The third-order valence-electron chi connectivity index (χ3n) is 2.45. The molecule has 0 radical (unpaired) electrons. The van der Waals surface area contributed by atoms with Crippen molar-refractivity contribution in [3.63, 3.8) is 0 Å². The average molecular weight is 219 g/mol. The normalized spacial score (nSPS) is 13.5. The second-order valence-corrected chi connectivity index (χ2v) is 4.35. The number of ether oxygens (including phenoxy) is 1. The van der Waals surface area contributed by atoms with E-state index in [2.05, 4.69) is 31.5 Å². The van der Waals surface area contributed by atoms with E-state index in [1.165, 1.54) is 19.4 Å². The fraction of sp³-hybridized carbons (Fsp3) is 1.00. The van der Waals surface area contributed by atoms with Gasteiger partial charge in [-0.15, -0.1) is 0 Å². The van der Waals surface area contributed by atoms with Crippen molar-refractivity contribution in [1.82, 2.24) is 4.90 Å². The summed E-state index contributed by atoms with van der Waals surface area (Å²) in [6.45, 7) is 8.22. The fourth-order valence-corrected chi connectivity index (χ4v) is 1.72. The van der Waals surface area contributed by atoms with E-state index in [1.54, 1.807) is 0 Å². The van der Waals surface area contributed by atoms with Crippen LogP contribution >= 0.6 is 12.6 Å². The first kappa shape index (κ1) is 14.3. The van der Waals surface area contributed by atoms with Gasteiger partial charge in [-0.3, -0.25) is 0 Å². The minimum absolute atomic E-state index is 0.794. The van der Waals surface area contributed by atoms with Crippen LogP contribution in [0.4, 0.5) is 0 Å². The number of nitrogens with zero attached hydrogens (tertiary/aromatic N) is 1. The van der Waals surface area contributed by atoms with Crippen molar-refractivity contribution in [1.29, 1.82) is 0 Å². The Bertz CT molecular complexity index is 122. The first-order valence-corrected chi connectivity index (χ1v) is 6.21. The summed E-state index contributed by atoms with van der Waals surface area (Å²) in [7, 11) is 2.16. The largest absolute Gasteiger partial charge is 0.380 e. The summed E-state index contributed by atoms with van der Waals surface area (Å²) in [6.07, 6.45) is 2.49. The quantitative estimate of drug-likeness (QED) is 0.472. The number of thiol groups is 1.